The summed E-state index contributed by atoms with van der Waals surface area (Å²) in [5.41, 5.74) is 0.965. The second kappa shape index (κ2) is 9.54. The van der Waals surface area contributed by atoms with Crippen molar-refractivity contribution in [3.8, 4) is 0 Å². The molecular formula is C18H20N2O5S2. The van der Waals surface area contributed by atoms with Gasteiger partial charge in [0.1, 0.15) is 0 Å². The van der Waals surface area contributed by atoms with Gasteiger partial charge in [0.25, 0.3) is 15.9 Å². The lowest BCUT2D eigenvalue weighted by molar-refractivity contribution is -0.117. The average molecular weight is 409 g/mol. The molecule has 0 heterocycles. The normalized spacial score (nSPS) is 11.0. The van der Waals surface area contributed by atoms with Gasteiger partial charge in [-0.15, -0.1) is 11.8 Å². The highest BCUT2D eigenvalue weighted by atomic mass is 32.2. The number of hydrogen-bond donors (Lipinski definition) is 2. The molecule has 0 aliphatic carbocycles. The zero-order valence-electron chi connectivity index (χ0n) is 14.9. The predicted molar refractivity (Wildman–Crippen MR) is 104 cm³/mol. The highest BCUT2D eigenvalue weighted by Crippen LogP contribution is 2.24. The molecule has 144 valence electrons. The molecule has 0 unspecified atom stereocenters. The maximum Gasteiger partial charge on any atom is 0.264 e. The second-order valence-electron chi connectivity index (χ2n) is 5.48. The van der Waals surface area contributed by atoms with Gasteiger partial charge in [-0.3, -0.25) is 9.59 Å². The number of thioether (sulfide) groups is 1. The van der Waals surface area contributed by atoms with Gasteiger partial charge in [-0.1, -0.05) is 12.1 Å². The van der Waals surface area contributed by atoms with E-state index in [-0.39, 0.29) is 10.8 Å². The number of methoxy groups -OCH3 is 1. The molecular weight excluding hydrogens is 388 g/mol. The van der Waals surface area contributed by atoms with E-state index >= 15 is 0 Å². The van der Waals surface area contributed by atoms with Gasteiger partial charge in [-0.05, 0) is 36.4 Å². The number of sulfonamides is 1. The monoisotopic (exact) mass is 408 g/mol. The number of nitrogens with one attached hydrogen (secondary N) is 2. The lowest BCUT2D eigenvalue weighted by atomic mass is 10.2. The van der Waals surface area contributed by atoms with Crippen LogP contribution < -0.4 is 10.0 Å². The van der Waals surface area contributed by atoms with E-state index in [4.69, 9.17) is 4.74 Å². The summed E-state index contributed by atoms with van der Waals surface area (Å²) >= 11 is 1.52. The van der Waals surface area contributed by atoms with Crippen LogP contribution in [0.3, 0.4) is 0 Å². The molecule has 0 atom stereocenters. The number of benzene rings is 2. The number of hydrogen-bond acceptors (Lipinski definition) is 6. The highest BCUT2D eigenvalue weighted by Gasteiger charge is 2.16. The van der Waals surface area contributed by atoms with Crippen molar-refractivity contribution in [1.29, 1.82) is 0 Å². The maximum absolute atomic E-state index is 12.6. The fraction of sp³-hybridized carbons (Fsp3) is 0.222. The lowest BCUT2D eigenvalue weighted by Crippen LogP contribution is -2.28. The largest absolute Gasteiger partial charge is 0.384 e. The number of amides is 2. The smallest absolute Gasteiger partial charge is 0.264 e. The van der Waals surface area contributed by atoms with Crippen molar-refractivity contribution in [2.45, 2.75) is 16.7 Å². The minimum absolute atomic E-state index is 0.0637. The van der Waals surface area contributed by atoms with E-state index in [1.807, 2.05) is 16.9 Å². The van der Waals surface area contributed by atoms with Crippen LogP contribution in [0.15, 0.2) is 58.3 Å². The van der Waals surface area contributed by atoms with Crippen LogP contribution >= 0.6 is 11.8 Å². The summed E-state index contributed by atoms with van der Waals surface area (Å²) in [7, 11) is -2.28. The van der Waals surface area contributed by atoms with Gasteiger partial charge < -0.3 is 10.1 Å². The zero-order chi connectivity index (χ0) is 19.9. The minimum atomic E-state index is -3.90. The van der Waals surface area contributed by atoms with E-state index in [0.29, 0.717) is 17.9 Å². The Morgan fingerprint density at radius 3 is 2.37 bits per heavy atom. The molecule has 0 saturated carbocycles. The van der Waals surface area contributed by atoms with Crippen LogP contribution in [-0.2, 0) is 19.6 Å². The first-order chi connectivity index (χ1) is 12.8. The third-order valence-corrected chi connectivity index (χ3v) is 5.86. The third-order valence-electron chi connectivity index (χ3n) is 3.38. The van der Waals surface area contributed by atoms with Crippen LogP contribution in [0.25, 0.3) is 0 Å². The molecule has 2 aromatic rings. The van der Waals surface area contributed by atoms with Crippen LogP contribution in [0.2, 0.25) is 0 Å². The Morgan fingerprint density at radius 2 is 1.74 bits per heavy atom. The van der Waals surface area contributed by atoms with Gasteiger partial charge in [0.15, 0.2) is 0 Å². The predicted octanol–water partition coefficient (Wildman–Crippen LogP) is 2.50. The maximum atomic E-state index is 12.6. The minimum Gasteiger partial charge on any atom is -0.384 e. The van der Waals surface area contributed by atoms with E-state index in [2.05, 4.69) is 5.32 Å². The Balaban J connectivity index is 2.12. The van der Waals surface area contributed by atoms with Crippen LogP contribution in [0.5, 0.6) is 0 Å². The van der Waals surface area contributed by atoms with Crippen molar-refractivity contribution < 1.29 is 22.7 Å². The molecule has 9 heteroatoms. The topological polar surface area (TPSA) is 102 Å². The first kappa shape index (κ1) is 20.9. The van der Waals surface area contributed by atoms with Gasteiger partial charge >= 0.3 is 0 Å². The van der Waals surface area contributed by atoms with Crippen molar-refractivity contribution in [2.24, 2.45) is 0 Å². The van der Waals surface area contributed by atoms with Crippen LogP contribution in [0.1, 0.15) is 17.3 Å². The number of anilines is 1. The standard InChI is InChI=1S/C18H20N2O5S2/c1-13(21)20-27(23,24)15-9-7-14(8-10-15)19-18(22)16-5-3-4-6-17(16)26-12-11-25-2/h3-10H,11-12H2,1-2H3,(H,19,22)(H,20,21). The molecule has 0 aliphatic rings. The summed E-state index contributed by atoms with van der Waals surface area (Å²) in [5.74, 6) is -0.251. The first-order valence-corrected chi connectivity index (χ1v) is 10.5. The quantitative estimate of drug-likeness (QED) is 0.514. The molecule has 0 radical (unpaired) electrons. The van der Waals surface area contributed by atoms with Gasteiger partial charge in [-0.2, -0.15) is 0 Å². The summed E-state index contributed by atoms with van der Waals surface area (Å²) < 4.78 is 30.8. The molecule has 0 fully saturated rings. The highest BCUT2D eigenvalue weighted by molar-refractivity contribution is 7.99. The molecule has 2 aromatic carbocycles. The number of rotatable bonds is 8. The Hall–Kier alpha value is -2.36. The van der Waals surface area contributed by atoms with Gasteiger partial charge in [0.05, 0.1) is 17.1 Å². The molecule has 27 heavy (non-hydrogen) atoms. The van der Waals surface area contributed by atoms with Crippen LogP contribution in [0, 0.1) is 0 Å². The number of carbonyl (C=O) groups is 2. The van der Waals surface area contributed by atoms with Crippen LogP contribution in [0.4, 0.5) is 5.69 Å². The Bertz CT molecular complexity index is 912. The van der Waals surface area contributed by atoms with Gasteiger partial charge in [0, 0.05) is 30.4 Å². The number of ether oxygens (including phenoxy) is 1. The summed E-state index contributed by atoms with van der Waals surface area (Å²) in [6, 6.07) is 12.8. The molecule has 2 rings (SSSR count). The summed E-state index contributed by atoms with van der Waals surface area (Å²) in [6.07, 6.45) is 0. The zero-order valence-corrected chi connectivity index (χ0v) is 16.5. The second-order valence-corrected chi connectivity index (χ2v) is 8.30. The van der Waals surface area contributed by atoms with Gasteiger partial charge in [0.2, 0.25) is 5.91 Å². The Labute approximate surface area is 162 Å². The molecule has 2 amide bonds. The van der Waals surface area contributed by atoms with E-state index in [0.717, 1.165) is 17.6 Å². The molecule has 0 saturated heterocycles. The lowest BCUT2D eigenvalue weighted by Gasteiger charge is -2.10. The van der Waals surface area contributed by atoms with Crippen molar-refractivity contribution in [3.63, 3.8) is 0 Å². The third kappa shape index (κ3) is 6.09. The Kier molecular flexibility index (Phi) is 7.40. The summed E-state index contributed by atoms with van der Waals surface area (Å²) in [6.45, 7) is 1.69. The van der Waals surface area contributed by atoms with Crippen molar-refractivity contribution in [3.05, 3.63) is 54.1 Å². The van der Waals surface area contributed by atoms with Crippen molar-refractivity contribution in [2.75, 3.05) is 24.8 Å². The fourth-order valence-electron chi connectivity index (χ4n) is 2.18. The van der Waals surface area contributed by atoms with Gasteiger partial charge in [-0.25, -0.2) is 13.1 Å². The fourth-order valence-corrected chi connectivity index (χ4v) is 4.13. The van der Waals surface area contributed by atoms with E-state index in [1.165, 1.54) is 36.0 Å². The van der Waals surface area contributed by atoms with Crippen molar-refractivity contribution >= 4 is 39.3 Å². The van der Waals surface area contributed by atoms with E-state index in [1.54, 1.807) is 19.2 Å². The SMILES string of the molecule is COCCSc1ccccc1C(=O)Nc1ccc(S(=O)(=O)NC(C)=O)cc1. The van der Waals surface area contributed by atoms with Crippen molar-refractivity contribution in [1.82, 2.24) is 4.72 Å². The molecule has 7 nitrogen and oxygen atoms in total. The molecule has 0 aromatic heterocycles. The van der Waals surface area contributed by atoms with E-state index < -0.39 is 15.9 Å². The molecule has 0 spiro atoms. The molecule has 0 aliphatic heterocycles. The molecule has 2 N–H and O–H groups in total. The Morgan fingerprint density at radius 1 is 1.07 bits per heavy atom. The summed E-state index contributed by atoms with van der Waals surface area (Å²) in [4.78, 5) is 24.3. The molecule has 0 bridgehead atoms. The first-order valence-electron chi connectivity index (χ1n) is 7.99. The van der Waals surface area contributed by atoms with Crippen LogP contribution in [-0.4, -0.2) is 39.7 Å². The summed E-state index contributed by atoms with van der Waals surface area (Å²) in [5, 5.41) is 2.74. The van der Waals surface area contributed by atoms with E-state index in [9.17, 15) is 18.0 Å². The average Bonchev–Trinajstić information content (AvgIpc) is 2.62. The number of carbonyl (C=O) groups excluding carboxylic acids is 2.